The van der Waals surface area contributed by atoms with Gasteiger partial charge in [0.1, 0.15) is 11.5 Å². The van der Waals surface area contributed by atoms with E-state index in [0.29, 0.717) is 28.7 Å². The monoisotopic (exact) mass is 465 g/mol. The van der Waals surface area contributed by atoms with Crippen molar-refractivity contribution in [2.75, 3.05) is 26.1 Å². The predicted molar refractivity (Wildman–Crippen MR) is 128 cm³/mol. The topological polar surface area (TPSA) is 89.6 Å². The lowest BCUT2D eigenvalue weighted by Gasteiger charge is -2.11. The fraction of sp³-hybridized carbons (Fsp3) is 0.320. The molecule has 0 bridgehead atoms. The number of aromatic nitrogens is 1. The van der Waals surface area contributed by atoms with Crippen LogP contribution in [0.25, 0.3) is 0 Å². The maximum atomic E-state index is 12.8. The molecular formula is C25H27N3O4S. The van der Waals surface area contributed by atoms with E-state index in [9.17, 15) is 9.59 Å². The summed E-state index contributed by atoms with van der Waals surface area (Å²) in [6, 6.07) is 15.2. The molecule has 0 fully saturated rings. The number of anilines is 1. The molecule has 7 nitrogen and oxygen atoms in total. The van der Waals surface area contributed by atoms with Crippen LogP contribution in [0.15, 0.2) is 48.5 Å². The molecule has 1 aliphatic rings. The summed E-state index contributed by atoms with van der Waals surface area (Å²) in [7, 11) is 3.07. The lowest BCUT2D eigenvalue weighted by Crippen LogP contribution is -2.29. The number of hydrogen-bond acceptors (Lipinski definition) is 6. The molecule has 0 spiro atoms. The van der Waals surface area contributed by atoms with Crippen molar-refractivity contribution in [2.24, 2.45) is 0 Å². The van der Waals surface area contributed by atoms with Gasteiger partial charge in [-0.25, -0.2) is 4.98 Å². The van der Waals surface area contributed by atoms with Gasteiger partial charge in [0.2, 0.25) is 5.91 Å². The fourth-order valence-corrected chi connectivity index (χ4v) is 4.95. The number of aryl methyl sites for hydroxylation is 2. The van der Waals surface area contributed by atoms with E-state index in [1.807, 2.05) is 18.2 Å². The Bertz CT molecular complexity index is 1110. The molecule has 1 aromatic heterocycles. The molecule has 2 N–H and O–H groups in total. The van der Waals surface area contributed by atoms with Gasteiger partial charge in [-0.3, -0.25) is 14.9 Å². The highest BCUT2D eigenvalue weighted by molar-refractivity contribution is 7.16. The quantitative estimate of drug-likeness (QED) is 0.463. The van der Waals surface area contributed by atoms with Crippen molar-refractivity contribution in [1.82, 2.24) is 10.3 Å². The number of fused-ring (bicyclic) bond motifs is 1. The van der Waals surface area contributed by atoms with Gasteiger partial charge in [0.25, 0.3) is 5.91 Å². The predicted octanol–water partition coefficient (Wildman–Crippen LogP) is 4.19. The highest BCUT2D eigenvalue weighted by Crippen LogP contribution is 2.38. The van der Waals surface area contributed by atoms with Crippen LogP contribution in [0, 0.1) is 0 Å². The first-order chi connectivity index (χ1) is 16.1. The van der Waals surface area contributed by atoms with Crippen LogP contribution in [0.2, 0.25) is 0 Å². The van der Waals surface area contributed by atoms with Crippen molar-refractivity contribution >= 4 is 28.3 Å². The molecule has 2 amide bonds. The average Bonchev–Trinajstić information content (AvgIpc) is 3.42. The first-order valence-electron chi connectivity index (χ1n) is 10.9. The Morgan fingerprint density at radius 1 is 1.09 bits per heavy atom. The first kappa shape index (κ1) is 22.8. The Morgan fingerprint density at radius 3 is 2.52 bits per heavy atom. The van der Waals surface area contributed by atoms with Crippen LogP contribution in [0.1, 0.15) is 45.3 Å². The number of hydrogen-bond donors (Lipinski definition) is 2. The number of nitrogens with zero attached hydrogens (tertiary/aromatic N) is 1. The van der Waals surface area contributed by atoms with Crippen LogP contribution in [0.5, 0.6) is 11.5 Å². The van der Waals surface area contributed by atoms with E-state index < -0.39 is 0 Å². The minimum atomic E-state index is -0.304. The molecule has 1 atom stereocenters. The van der Waals surface area contributed by atoms with E-state index >= 15 is 0 Å². The van der Waals surface area contributed by atoms with Gasteiger partial charge < -0.3 is 14.8 Å². The number of carbonyl (C=O) groups excluding carboxylic acids is 2. The summed E-state index contributed by atoms with van der Waals surface area (Å²) in [5.41, 5.74) is 2.46. The zero-order valence-corrected chi connectivity index (χ0v) is 19.5. The first-order valence-corrected chi connectivity index (χ1v) is 11.7. The van der Waals surface area contributed by atoms with E-state index in [1.54, 1.807) is 18.2 Å². The van der Waals surface area contributed by atoms with Crippen molar-refractivity contribution in [1.29, 1.82) is 0 Å². The van der Waals surface area contributed by atoms with Crippen molar-refractivity contribution in [3.05, 3.63) is 70.2 Å². The maximum Gasteiger partial charge on any atom is 0.257 e. The largest absolute Gasteiger partial charge is 0.497 e. The van der Waals surface area contributed by atoms with Gasteiger partial charge in [0, 0.05) is 23.1 Å². The van der Waals surface area contributed by atoms with Gasteiger partial charge in [-0.15, -0.1) is 11.3 Å². The zero-order valence-electron chi connectivity index (χ0n) is 18.7. The summed E-state index contributed by atoms with van der Waals surface area (Å²) in [6.07, 6.45) is 3.36. The molecule has 0 aliphatic heterocycles. The van der Waals surface area contributed by atoms with E-state index in [2.05, 4.69) is 27.8 Å². The molecular weight excluding hydrogens is 438 g/mol. The van der Waals surface area contributed by atoms with Crippen molar-refractivity contribution < 1.29 is 19.1 Å². The number of nitrogens with one attached hydrogen (secondary N) is 2. The summed E-state index contributed by atoms with van der Waals surface area (Å²) in [5, 5.41) is 6.39. The number of ether oxygens (including phenoxy) is 2. The van der Waals surface area contributed by atoms with Gasteiger partial charge in [-0.1, -0.05) is 30.3 Å². The molecule has 8 heteroatoms. The molecule has 2 aromatic carbocycles. The fourth-order valence-electron chi connectivity index (χ4n) is 3.92. The Balaban J connectivity index is 1.35. The van der Waals surface area contributed by atoms with Crippen molar-refractivity contribution in [3.63, 3.8) is 0 Å². The van der Waals surface area contributed by atoms with E-state index in [0.717, 1.165) is 36.3 Å². The molecule has 172 valence electrons. The summed E-state index contributed by atoms with van der Waals surface area (Å²) in [5.74, 6) is 0.495. The summed E-state index contributed by atoms with van der Waals surface area (Å²) in [6.45, 7) is 0.630. The molecule has 3 aromatic rings. The molecule has 0 saturated heterocycles. The minimum Gasteiger partial charge on any atom is -0.497 e. The van der Waals surface area contributed by atoms with Gasteiger partial charge in [0.05, 0.1) is 25.8 Å². The molecule has 1 heterocycles. The van der Waals surface area contributed by atoms with Crippen LogP contribution in [-0.2, 0) is 17.6 Å². The number of benzene rings is 2. The molecule has 4 rings (SSSR count). The zero-order chi connectivity index (χ0) is 23.2. The molecule has 33 heavy (non-hydrogen) atoms. The van der Waals surface area contributed by atoms with Crippen LogP contribution in [0.4, 0.5) is 5.13 Å². The number of methoxy groups -OCH3 is 2. The highest BCUT2D eigenvalue weighted by atomic mass is 32.1. The Hall–Kier alpha value is -3.39. The number of carbonyl (C=O) groups is 2. The standard InChI is InChI=1S/C25H27N3O4S/c1-31-18-13-17(14-19(15-18)32-2)23(29)28-25-27-22-20(10-11-21(22)33-25)24(30)26-12-6-9-16-7-4-3-5-8-16/h3-5,7-8,13-15,20H,6,9-12H2,1-2H3,(H,26,30)(H,27,28,29). The Kier molecular flexibility index (Phi) is 7.24. The lowest BCUT2D eigenvalue weighted by atomic mass is 10.1. The van der Waals surface area contributed by atoms with E-state index in [4.69, 9.17) is 9.47 Å². The number of rotatable bonds is 9. The van der Waals surface area contributed by atoms with E-state index in [-0.39, 0.29) is 17.7 Å². The van der Waals surface area contributed by atoms with Crippen LogP contribution >= 0.6 is 11.3 Å². The summed E-state index contributed by atoms with van der Waals surface area (Å²) in [4.78, 5) is 31.1. The van der Waals surface area contributed by atoms with Gasteiger partial charge in [-0.05, 0) is 43.4 Å². The van der Waals surface area contributed by atoms with Gasteiger partial charge in [0.15, 0.2) is 5.13 Å². The molecule has 0 saturated carbocycles. The SMILES string of the molecule is COc1cc(OC)cc(C(=O)Nc2nc3c(s2)CCC3C(=O)NCCCc2ccccc2)c1. The van der Waals surface area contributed by atoms with Crippen LogP contribution in [-0.4, -0.2) is 37.6 Å². The second-order valence-electron chi connectivity index (χ2n) is 7.85. The second-order valence-corrected chi connectivity index (χ2v) is 8.94. The van der Waals surface area contributed by atoms with Crippen molar-refractivity contribution in [2.45, 2.75) is 31.6 Å². The molecule has 1 unspecified atom stereocenters. The maximum absolute atomic E-state index is 12.8. The minimum absolute atomic E-state index is 0.00233. The highest BCUT2D eigenvalue weighted by Gasteiger charge is 2.32. The lowest BCUT2D eigenvalue weighted by molar-refractivity contribution is -0.122. The average molecular weight is 466 g/mol. The van der Waals surface area contributed by atoms with Crippen molar-refractivity contribution in [3.8, 4) is 11.5 Å². The third-order valence-electron chi connectivity index (χ3n) is 5.65. The van der Waals surface area contributed by atoms with Crippen LogP contribution < -0.4 is 20.1 Å². The number of amides is 2. The Labute approximate surface area is 197 Å². The number of thiazole rings is 1. The van der Waals surface area contributed by atoms with Gasteiger partial charge >= 0.3 is 0 Å². The summed E-state index contributed by atoms with van der Waals surface area (Å²) >= 11 is 1.43. The van der Waals surface area contributed by atoms with E-state index in [1.165, 1.54) is 31.1 Å². The third kappa shape index (κ3) is 5.51. The normalized spacial score (nSPS) is 14.4. The van der Waals surface area contributed by atoms with Crippen LogP contribution in [0.3, 0.4) is 0 Å². The van der Waals surface area contributed by atoms with Gasteiger partial charge in [-0.2, -0.15) is 0 Å². The molecule has 1 aliphatic carbocycles. The molecule has 0 radical (unpaired) electrons. The smallest absolute Gasteiger partial charge is 0.257 e. The second kappa shape index (κ2) is 10.5. The summed E-state index contributed by atoms with van der Waals surface area (Å²) < 4.78 is 10.5. The third-order valence-corrected chi connectivity index (χ3v) is 6.70. The Morgan fingerprint density at radius 2 is 1.82 bits per heavy atom.